The Morgan fingerprint density at radius 3 is 2.28 bits per heavy atom. The van der Waals surface area contributed by atoms with E-state index in [4.69, 9.17) is 18.9 Å². The monoisotopic (exact) mass is 442 g/mol. The van der Waals surface area contributed by atoms with Crippen LogP contribution in [0.3, 0.4) is 0 Å². The molecule has 2 aromatic carbocycles. The van der Waals surface area contributed by atoms with Gasteiger partial charge in [-0.05, 0) is 30.5 Å². The molecule has 7 nitrogen and oxygen atoms in total. The van der Waals surface area contributed by atoms with Gasteiger partial charge in [0.15, 0.2) is 0 Å². The largest absolute Gasteiger partial charge is 0.496 e. The van der Waals surface area contributed by atoms with Crippen molar-refractivity contribution in [2.24, 2.45) is 0 Å². The molecule has 4 rings (SSSR count). The number of aliphatic hydroxyl groups excluding tert-OH is 1. The third-order valence-corrected chi connectivity index (χ3v) is 6.35. The number of likely N-dealkylation sites (tertiary alicyclic amines) is 1. The van der Waals surface area contributed by atoms with Crippen molar-refractivity contribution >= 4 is 0 Å². The quantitative estimate of drug-likeness (QED) is 0.707. The third-order valence-electron chi connectivity index (χ3n) is 6.35. The maximum absolute atomic E-state index is 9.76. The first-order valence-electron chi connectivity index (χ1n) is 11.3. The van der Waals surface area contributed by atoms with Gasteiger partial charge in [0.25, 0.3) is 0 Å². The standard InChI is InChI=1S/C25H34N2O5/c1-29-21-13-24(30-2)22(25(14-21)31-3)17-27-10-11-32-23-5-4-18(12-19(23)16-27)15-26-8-6-20(28)7-9-26/h4-5,12-14,20,28H,6-11,15-17H2,1-3H3. The molecule has 2 aliphatic heterocycles. The van der Waals surface area contributed by atoms with Gasteiger partial charge >= 0.3 is 0 Å². The zero-order valence-corrected chi connectivity index (χ0v) is 19.3. The van der Waals surface area contributed by atoms with Crippen molar-refractivity contribution in [2.75, 3.05) is 47.6 Å². The molecule has 2 aromatic rings. The van der Waals surface area contributed by atoms with Gasteiger partial charge in [-0.3, -0.25) is 9.80 Å². The summed E-state index contributed by atoms with van der Waals surface area (Å²) in [6, 6.07) is 10.3. The van der Waals surface area contributed by atoms with Gasteiger partial charge in [-0.2, -0.15) is 0 Å². The molecule has 0 amide bonds. The molecule has 32 heavy (non-hydrogen) atoms. The molecule has 0 unspecified atom stereocenters. The first kappa shape index (κ1) is 22.7. The van der Waals surface area contributed by atoms with Crippen LogP contribution in [-0.4, -0.2) is 68.6 Å². The maximum Gasteiger partial charge on any atom is 0.130 e. The van der Waals surface area contributed by atoms with Gasteiger partial charge in [-0.1, -0.05) is 6.07 Å². The van der Waals surface area contributed by atoms with E-state index in [-0.39, 0.29) is 6.10 Å². The molecule has 0 radical (unpaired) electrons. The minimum atomic E-state index is -0.146. The van der Waals surface area contributed by atoms with E-state index in [0.717, 1.165) is 68.4 Å². The molecule has 7 heteroatoms. The molecule has 1 N–H and O–H groups in total. The highest BCUT2D eigenvalue weighted by Crippen LogP contribution is 2.36. The summed E-state index contributed by atoms with van der Waals surface area (Å²) in [5.41, 5.74) is 3.48. The fourth-order valence-electron chi connectivity index (χ4n) is 4.53. The number of piperidine rings is 1. The molecule has 0 saturated carbocycles. The van der Waals surface area contributed by atoms with Crippen molar-refractivity contribution < 1.29 is 24.1 Å². The van der Waals surface area contributed by atoms with Crippen molar-refractivity contribution in [3.8, 4) is 23.0 Å². The molecule has 2 heterocycles. The van der Waals surface area contributed by atoms with E-state index in [1.165, 1.54) is 11.1 Å². The molecule has 2 aliphatic rings. The normalized spacial score (nSPS) is 17.9. The summed E-state index contributed by atoms with van der Waals surface area (Å²) >= 11 is 0. The van der Waals surface area contributed by atoms with E-state index < -0.39 is 0 Å². The predicted octanol–water partition coefficient (Wildman–Crippen LogP) is 3.06. The number of aliphatic hydroxyl groups is 1. The number of ether oxygens (including phenoxy) is 4. The Kier molecular flexibility index (Phi) is 7.40. The van der Waals surface area contributed by atoms with Gasteiger partial charge in [0.1, 0.15) is 29.6 Å². The number of nitrogens with zero attached hydrogens (tertiary/aromatic N) is 2. The van der Waals surface area contributed by atoms with Crippen molar-refractivity contribution in [2.45, 2.75) is 38.6 Å². The average molecular weight is 443 g/mol. The summed E-state index contributed by atoms with van der Waals surface area (Å²) in [6.07, 6.45) is 1.56. The molecule has 0 bridgehead atoms. The first-order chi connectivity index (χ1) is 15.6. The fraction of sp³-hybridized carbons (Fsp3) is 0.520. The second-order valence-electron chi connectivity index (χ2n) is 8.52. The van der Waals surface area contributed by atoms with E-state index in [1.807, 2.05) is 12.1 Å². The van der Waals surface area contributed by atoms with Crippen molar-refractivity contribution in [1.29, 1.82) is 0 Å². The molecule has 1 saturated heterocycles. The number of rotatable bonds is 7. The molecule has 0 aromatic heterocycles. The van der Waals surface area contributed by atoms with Gasteiger partial charge in [-0.15, -0.1) is 0 Å². The highest BCUT2D eigenvalue weighted by molar-refractivity contribution is 5.51. The number of benzene rings is 2. The number of fused-ring (bicyclic) bond motifs is 1. The van der Waals surface area contributed by atoms with Gasteiger partial charge in [0, 0.05) is 57.0 Å². The Morgan fingerprint density at radius 2 is 1.62 bits per heavy atom. The van der Waals surface area contributed by atoms with Crippen LogP contribution in [-0.2, 0) is 19.6 Å². The smallest absolute Gasteiger partial charge is 0.130 e. The topological polar surface area (TPSA) is 63.6 Å². The number of methoxy groups -OCH3 is 3. The first-order valence-corrected chi connectivity index (χ1v) is 11.3. The van der Waals surface area contributed by atoms with Gasteiger partial charge in [-0.25, -0.2) is 0 Å². The molecular weight excluding hydrogens is 408 g/mol. The van der Waals surface area contributed by atoms with Crippen LogP contribution in [0, 0.1) is 0 Å². The predicted molar refractivity (Wildman–Crippen MR) is 123 cm³/mol. The van der Waals surface area contributed by atoms with Crippen molar-refractivity contribution in [3.05, 3.63) is 47.0 Å². The third kappa shape index (κ3) is 5.28. The summed E-state index contributed by atoms with van der Waals surface area (Å²) in [5.74, 6) is 3.18. The average Bonchev–Trinajstić information content (AvgIpc) is 3.02. The van der Waals surface area contributed by atoms with Crippen LogP contribution in [0.25, 0.3) is 0 Å². The molecule has 0 atom stereocenters. The zero-order valence-electron chi connectivity index (χ0n) is 19.3. The van der Waals surface area contributed by atoms with E-state index in [2.05, 4.69) is 28.0 Å². The van der Waals surface area contributed by atoms with Crippen LogP contribution in [0.2, 0.25) is 0 Å². The minimum Gasteiger partial charge on any atom is -0.496 e. The van der Waals surface area contributed by atoms with Crippen molar-refractivity contribution in [1.82, 2.24) is 9.80 Å². The van der Waals surface area contributed by atoms with Crippen LogP contribution in [0.1, 0.15) is 29.5 Å². The Balaban J connectivity index is 1.51. The number of hydrogen-bond donors (Lipinski definition) is 1. The molecular formula is C25H34N2O5. The van der Waals surface area contributed by atoms with Gasteiger partial charge < -0.3 is 24.1 Å². The highest BCUT2D eigenvalue weighted by atomic mass is 16.5. The minimum absolute atomic E-state index is 0.146. The van der Waals surface area contributed by atoms with Crippen LogP contribution in [0.15, 0.2) is 30.3 Å². The zero-order chi connectivity index (χ0) is 22.5. The van der Waals surface area contributed by atoms with E-state index in [9.17, 15) is 5.11 Å². The summed E-state index contributed by atoms with van der Waals surface area (Å²) in [4.78, 5) is 4.77. The Bertz CT molecular complexity index is 886. The molecule has 174 valence electrons. The van der Waals surface area contributed by atoms with E-state index >= 15 is 0 Å². The van der Waals surface area contributed by atoms with E-state index in [0.29, 0.717) is 18.9 Å². The second-order valence-corrected chi connectivity index (χ2v) is 8.52. The SMILES string of the molecule is COc1cc(OC)c(CN2CCOc3ccc(CN4CCC(O)CC4)cc3C2)c(OC)c1. The second kappa shape index (κ2) is 10.4. The number of hydrogen-bond acceptors (Lipinski definition) is 7. The summed E-state index contributed by atoms with van der Waals surface area (Å²) < 4.78 is 22.7. The molecule has 0 aliphatic carbocycles. The van der Waals surface area contributed by atoms with Crippen molar-refractivity contribution in [3.63, 3.8) is 0 Å². The summed E-state index contributed by atoms with van der Waals surface area (Å²) in [6.45, 7) is 5.72. The Hall–Kier alpha value is -2.48. The lowest BCUT2D eigenvalue weighted by molar-refractivity contribution is 0.0792. The van der Waals surface area contributed by atoms with Crippen LogP contribution in [0.4, 0.5) is 0 Å². The molecule has 1 fully saturated rings. The van der Waals surface area contributed by atoms with Crippen LogP contribution >= 0.6 is 0 Å². The Morgan fingerprint density at radius 1 is 0.906 bits per heavy atom. The highest BCUT2D eigenvalue weighted by Gasteiger charge is 2.22. The lowest BCUT2D eigenvalue weighted by Gasteiger charge is -2.29. The maximum atomic E-state index is 9.76. The van der Waals surface area contributed by atoms with Crippen LogP contribution in [0.5, 0.6) is 23.0 Å². The van der Waals surface area contributed by atoms with Crippen LogP contribution < -0.4 is 18.9 Å². The lowest BCUT2D eigenvalue weighted by atomic mass is 10.0. The summed E-state index contributed by atoms with van der Waals surface area (Å²) in [5, 5.41) is 9.76. The molecule has 0 spiro atoms. The lowest BCUT2D eigenvalue weighted by Crippen LogP contribution is -2.35. The van der Waals surface area contributed by atoms with Gasteiger partial charge in [0.2, 0.25) is 0 Å². The Labute approximate surface area is 190 Å². The van der Waals surface area contributed by atoms with E-state index in [1.54, 1.807) is 21.3 Å². The fourth-order valence-corrected chi connectivity index (χ4v) is 4.53. The summed E-state index contributed by atoms with van der Waals surface area (Å²) in [7, 11) is 4.98. The van der Waals surface area contributed by atoms with Gasteiger partial charge in [0.05, 0.1) is 33.0 Å².